The van der Waals surface area contributed by atoms with E-state index in [-0.39, 0.29) is 11.5 Å². The summed E-state index contributed by atoms with van der Waals surface area (Å²) in [6.07, 6.45) is 1.53. The number of rotatable bonds is 9. The van der Waals surface area contributed by atoms with E-state index in [2.05, 4.69) is 21.2 Å². The van der Waals surface area contributed by atoms with Crippen molar-refractivity contribution in [1.29, 1.82) is 0 Å². The lowest BCUT2D eigenvalue weighted by atomic mass is 10.2. The van der Waals surface area contributed by atoms with E-state index in [0.29, 0.717) is 29.4 Å². The Labute approximate surface area is 202 Å². The molecule has 2 aromatic carbocycles. The largest absolute Gasteiger partial charge is 0.490 e. The number of nitrogens with zero attached hydrogens (tertiary/aromatic N) is 1. The molecule has 3 rings (SSSR count). The maximum atomic E-state index is 12.7. The minimum absolute atomic E-state index is 0.171. The molecule has 1 heterocycles. The second kappa shape index (κ2) is 11.0. The van der Waals surface area contributed by atoms with Crippen LogP contribution in [-0.4, -0.2) is 47.6 Å². The number of imide groups is 1. The fraction of sp³-hybridized carbons (Fsp3) is 0.182. The van der Waals surface area contributed by atoms with Gasteiger partial charge >= 0.3 is 0 Å². The highest BCUT2D eigenvalue weighted by molar-refractivity contribution is 9.10. The van der Waals surface area contributed by atoms with Crippen LogP contribution in [0.5, 0.6) is 11.5 Å². The van der Waals surface area contributed by atoms with Crippen LogP contribution in [0, 0.1) is 0 Å². The number of hydrogen-bond donors (Lipinski definition) is 2. The summed E-state index contributed by atoms with van der Waals surface area (Å²) < 4.78 is 11.7. The standard InChI is InChI=1S/C22H20BrN3O6S/c1-2-31-17-9-13(3-8-16(17)32-12-19(24)27)10-18-21(29)26(22(30)33-18)11-20(28)25-15-6-4-14(23)5-7-15/h3-10H,2,11-12H2,1H3,(H2,24,27)(H,25,28)/b18-10-. The molecule has 0 aromatic heterocycles. The Balaban J connectivity index is 1.71. The number of hydrogen-bond acceptors (Lipinski definition) is 7. The molecule has 0 unspecified atom stereocenters. The van der Waals surface area contributed by atoms with Crippen molar-refractivity contribution in [3.63, 3.8) is 0 Å². The molecule has 3 N–H and O–H groups in total. The van der Waals surface area contributed by atoms with Crippen LogP contribution in [0.4, 0.5) is 10.5 Å². The zero-order valence-electron chi connectivity index (χ0n) is 17.5. The molecule has 9 nitrogen and oxygen atoms in total. The molecule has 0 radical (unpaired) electrons. The average Bonchev–Trinajstić information content (AvgIpc) is 3.02. The SMILES string of the molecule is CCOc1cc(/C=C2\SC(=O)N(CC(=O)Nc3ccc(Br)cc3)C2=O)ccc1OCC(N)=O. The van der Waals surface area contributed by atoms with Gasteiger partial charge in [0, 0.05) is 10.2 Å². The molecule has 1 aliphatic rings. The number of ether oxygens (including phenoxy) is 2. The van der Waals surface area contributed by atoms with Crippen molar-refractivity contribution in [3.8, 4) is 11.5 Å². The third-order valence-corrected chi connectivity index (χ3v) is 5.67. The van der Waals surface area contributed by atoms with Gasteiger partial charge in [0.25, 0.3) is 17.1 Å². The van der Waals surface area contributed by atoms with E-state index in [1.807, 2.05) is 0 Å². The van der Waals surface area contributed by atoms with Crippen molar-refractivity contribution in [1.82, 2.24) is 4.90 Å². The summed E-state index contributed by atoms with van der Waals surface area (Å²) in [6, 6.07) is 11.8. The first-order chi connectivity index (χ1) is 15.8. The highest BCUT2D eigenvalue weighted by Crippen LogP contribution is 2.34. The van der Waals surface area contributed by atoms with Gasteiger partial charge in [0.15, 0.2) is 18.1 Å². The number of benzene rings is 2. The first-order valence-electron chi connectivity index (χ1n) is 9.75. The van der Waals surface area contributed by atoms with Gasteiger partial charge in [0.05, 0.1) is 11.5 Å². The van der Waals surface area contributed by atoms with Crippen LogP contribution < -0.4 is 20.5 Å². The van der Waals surface area contributed by atoms with Crippen molar-refractivity contribution >= 4 is 62.4 Å². The molecule has 33 heavy (non-hydrogen) atoms. The fourth-order valence-electron chi connectivity index (χ4n) is 2.82. The molecule has 2 aromatic rings. The van der Waals surface area contributed by atoms with Gasteiger partial charge in [-0.3, -0.25) is 24.1 Å². The predicted octanol–water partition coefficient (Wildman–Crippen LogP) is 3.39. The number of amides is 4. The quantitative estimate of drug-likeness (QED) is 0.472. The molecule has 1 aliphatic heterocycles. The van der Waals surface area contributed by atoms with E-state index in [4.69, 9.17) is 15.2 Å². The number of carbonyl (C=O) groups is 4. The molecule has 0 spiro atoms. The zero-order chi connectivity index (χ0) is 24.0. The molecule has 0 aliphatic carbocycles. The monoisotopic (exact) mass is 533 g/mol. The van der Waals surface area contributed by atoms with E-state index >= 15 is 0 Å². The van der Waals surface area contributed by atoms with Gasteiger partial charge in [0.1, 0.15) is 6.54 Å². The van der Waals surface area contributed by atoms with Crippen LogP contribution >= 0.6 is 27.7 Å². The fourth-order valence-corrected chi connectivity index (χ4v) is 3.92. The Morgan fingerprint density at radius 1 is 1.12 bits per heavy atom. The Bertz CT molecular complexity index is 1120. The first-order valence-corrected chi connectivity index (χ1v) is 11.4. The van der Waals surface area contributed by atoms with E-state index in [1.54, 1.807) is 49.4 Å². The Morgan fingerprint density at radius 2 is 1.85 bits per heavy atom. The maximum absolute atomic E-state index is 12.7. The number of halogens is 1. The number of carbonyl (C=O) groups excluding carboxylic acids is 4. The van der Waals surface area contributed by atoms with Crippen LogP contribution in [0.25, 0.3) is 6.08 Å². The van der Waals surface area contributed by atoms with Gasteiger partial charge in [-0.05, 0) is 66.7 Å². The summed E-state index contributed by atoms with van der Waals surface area (Å²) in [6.45, 7) is 1.43. The smallest absolute Gasteiger partial charge is 0.294 e. The Hall–Kier alpha value is -3.31. The number of nitrogens with one attached hydrogen (secondary N) is 1. The normalized spacial score (nSPS) is 14.5. The summed E-state index contributed by atoms with van der Waals surface area (Å²) in [4.78, 5) is 49.4. The van der Waals surface area contributed by atoms with Gasteiger partial charge in [-0.1, -0.05) is 22.0 Å². The molecule has 4 amide bonds. The number of primary amides is 1. The second-order valence-corrected chi connectivity index (χ2v) is 8.63. The van der Waals surface area contributed by atoms with Crippen LogP contribution in [0.3, 0.4) is 0 Å². The van der Waals surface area contributed by atoms with Gasteiger partial charge in [-0.15, -0.1) is 0 Å². The number of anilines is 1. The lowest BCUT2D eigenvalue weighted by Crippen LogP contribution is -2.36. The van der Waals surface area contributed by atoms with Crippen molar-refractivity contribution in [2.75, 3.05) is 25.1 Å². The van der Waals surface area contributed by atoms with Crippen molar-refractivity contribution in [2.24, 2.45) is 5.73 Å². The molecule has 1 fully saturated rings. The van der Waals surface area contributed by atoms with Crippen molar-refractivity contribution in [3.05, 3.63) is 57.4 Å². The highest BCUT2D eigenvalue weighted by atomic mass is 79.9. The van der Waals surface area contributed by atoms with Crippen LogP contribution in [0.15, 0.2) is 51.8 Å². The zero-order valence-corrected chi connectivity index (χ0v) is 19.9. The molecule has 0 atom stereocenters. The van der Waals surface area contributed by atoms with Gasteiger partial charge in [-0.2, -0.15) is 0 Å². The minimum atomic E-state index is -0.626. The number of nitrogens with two attached hydrogens (primary N) is 1. The summed E-state index contributed by atoms with van der Waals surface area (Å²) in [5.41, 5.74) is 6.23. The van der Waals surface area contributed by atoms with E-state index in [0.717, 1.165) is 21.1 Å². The van der Waals surface area contributed by atoms with E-state index < -0.39 is 29.5 Å². The third kappa shape index (κ3) is 6.59. The lowest BCUT2D eigenvalue weighted by molar-refractivity contribution is -0.127. The summed E-state index contributed by atoms with van der Waals surface area (Å²) in [7, 11) is 0. The van der Waals surface area contributed by atoms with Gasteiger partial charge in [0.2, 0.25) is 5.91 Å². The molecule has 11 heteroatoms. The Kier molecular flexibility index (Phi) is 8.12. The van der Waals surface area contributed by atoms with Crippen molar-refractivity contribution < 1.29 is 28.7 Å². The molecule has 0 saturated carbocycles. The Morgan fingerprint density at radius 3 is 2.52 bits per heavy atom. The first kappa shape index (κ1) is 24.3. The van der Waals surface area contributed by atoms with E-state index in [1.165, 1.54) is 6.08 Å². The lowest BCUT2D eigenvalue weighted by Gasteiger charge is -2.13. The maximum Gasteiger partial charge on any atom is 0.294 e. The summed E-state index contributed by atoms with van der Waals surface area (Å²) in [5, 5.41) is 2.11. The molecule has 1 saturated heterocycles. The second-order valence-electron chi connectivity index (χ2n) is 6.72. The number of thioether (sulfide) groups is 1. The van der Waals surface area contributed by atoms with Crippen LogP contribution in [0.1, 0.15) is 12.5 Å². The highest BCUT2D eigenvalue weighted by Gasteiger charge is 2.36. The van der Waals surface area contributed by atoms with Gasteiger partial charge in [-0.25, -0.2) is 0 Å². The minimum Gasteiger partial charge on any atom is -0.490 e. The van der Waals surface area contributed by atoms with Crippen LogP contribution in [-0.2, 0) is 14.4 Å². The average molecular weight is 534 g/mol. The van der Waals surface area contributed by atoms with E-state index in [9.17, 15) is 19.2 Å². The molecule has 0 bridgehead atoms. The molecular formula is C22H20BrN3O6S. The van der Waals surface area contributed by atoms with Crippen molar-refractivity contribution in [2.45, 2.75) is 6.92 Å². The molecular weight excluding hydrogens is 514 g/mol. The topological polar surface area (TPSA) is 128 Å². The van der Waals surface area contributed by atoms with Crippen LogP contribution in [0.2, 0.25) is 0 Å². The van der Waals surface area contributed by atoms with Gasteiger partial charge < -0.3 is 20.5 Å². The summed E-state index contributed by atoms with van der Waals surface area (Å²) >= 11 is 4.05. The predicted molar refractivity (Wildman–Crippen MR) is 128 cm³/mol. The summed E-state index contributed by atoms with van der Waals surface area (Å²) in [5.74, 6) is -0.996. The third-order valence-electron chi connectivity index (χ3n) is 4.24. The molecule has 172 valence electrons.